The average Bonchev–Trinajstić information content (AvgIpc) is 3.21. The van der Waals surface area contributed by atoms with Crippen LogP contribution in [0.3, 0.4) is 0 Å². The standard InChI is InChI=1S/C27H39F3N2O4S/c1-19(2)24-18-36-26-13-12-23(16-22(26)10-11-25(33)32(24)26)31(14-4-5-15-37(3,34)35)17-20-6-8-21(9-7-20)27(28,29)30/h6-9,19,22-24H,4-5,10-18H2,1-3H3/t22-,23+,24-,26-/m1/s1. The number of nitrogens with zero attached hydrogens (tertiary/aromatic N) is 2. The van der Waals surface area contributed by atoms with Gasteiger partial charge in [0.15, 0.2) is 0 Å². The van der Waals surface area contributed by atoms with Gasteiger partial charge in [0.25, 0.3) is 0 Å². The number of piperidine rings is 1. The quantitative estimate of drug-likeness (QED) is 0.415. The maximum absolute atomic E-state index is 13.0. The van der Waals surface area contributed by atoms with Crippen LogP contribution in [0.1, 0.15) is 69.9 Å². The van der Waals surface area contributed by atoms with Crippen molar-refractivity contribution in [3.05, 3.63) is 35.4 Å². The Hall–Kier alpha value is -1.65. The highest BCUT2D eigenvalue weighted by atomic mass is 32.2. The first kappa shape index (κ1) is 28.4. The van der Waals surface area contributed by atoms with Gasteiger partial charge in [0.05, 0.1) is 18.2 Å². The normalized spacial score (nSPS) is 28.6. The molecule has 4 atom stereocenters. The Labute approximate surface area is 218 Å². The molecule has 208 valence electrons. The summed E-state index contributed by atoms with van der Waals surface area (Å²) in [6.07, 6.45) is 1.79. The highest BCUT2D eigenvalue weighted by Crippen LogP contribution is 2.51. The van der Waals surface area contributed by atoms with E-state index < -0.39 is 27.3 Å². The van der Waals surface area contributed by atoms with E-state index in [-0.39, 0.29) is 29.7 Å². The summed E-state index contributed by atoms with van der Waals surface area (Å²) in [5.74, 6) is 0.817. The van der Waals surface area contributed by atoms with Crippen LogP contribution in [-0.2, 0) is 32.1 Å². The van der Waals surface area contributed by atoms with Crippen molar-refractivity contribution in [2.24, 2.45) is 11.8 Å². The van der Waals surface area contributed by atoms with Gasteiger partial charge < -0.3 is 9.64 Å². The molecule has 37 heavy (non-hydrogen) atoms. The van der Waals surface area contributed by atoms with Crippen molar-refractivity contribution in [3.8, 4) is 0 Å². The molecule has 0 radical (unpaired) electrons. The first-order chi connectivity index (χ1) is 17.3. The van der Waals surface area contributed by atoms with Crippen LogP contribution in [0.25, 0.3) is 0 Å². The van der Waals surface area contributed by atoms with Gasteiger partial charge in [-0.05, 0) is 68.7 Å². The number of carbonyl (C=O) groups is 1. The number of hydrogen-bond acceptors (Lipinski definition) is 5. The number of benzene rings is 1. The molecule has 1 saturated carbocycles. The summed E-state index contributed by atoms with van der Waals surface area (Å²) in [4.78, 5) is 17.3. The summed E-state index contributed by atoms with van der Waals surface area (Å²) >= 11 is 0. The second-order valence-electron chi connectivity index (χ2n) is 11.4. The molecule has 0 N–H and O–H groups in total. The van der Waals surface area contributed by atoms with Crippen molar-refractivity contribution in [3.63, 3.8) is 0 Å². The molecule has 2 aliphatic heterocycles. The fraction of sp³-hybridized carbons (Fsp3) is 0.741. The van der Waals surface area contributed by atoms with E-state index in [0.717, 1.165) is 43.4 Å². The van der Waals surface area contributed by atoms with Gasteiger partial charge in [-0.3, -0.25) is 9.69 Å². The highest BCUT2D eigenvalue weighted by molar-refractivity contribution is 7.90. The fourth-order valence-electron chi connectivity index (χ4n) is 6.45. The smallest absolute Gasteiger partial charge is 0.353 e. The number of ether oxygens (including phenoxy) is 1. The van der Waals surface area contributed by atoms with Gasteiger partial charge in [-0.25, -0.2) is 8.42 Å². The first-order valence-electron chi connectivity index (χ1n) is 13.3. The molecular formula is C27H39F3N2O4S. The van der Waals surface area contributed by atoms with E-state index in [2.05, 4.69) is 18.7 Å². The van der Waals surface area contributed by atoms with E-state index in [4.69, 9.17) is 4.74 Å². The average molecular weight is 545 g/mol. The van der Waals surface area contributed by atoms with Crippen molar-refractivity contribution in [1.82, 2.24) is 9.80 Å². The number of halogens is 3. The molecule has 0 unspecified atom stereocenters. The monoisotopic (exact) mass is 544 g/mol. The van der Waals surface area contributed by atoms with Crippen LogP contribution >= 0.6 is 0 Å². The summed E-state index contributed by atoms with van der Waals surface area (Å²) in [6.45, 7) is 5.97. The Morgan fingerprint density at radius 3 is 2.49 bits per heavy atom. The number of carbonyl (C=O) groups excluding carboxylic acids is 1. The minimum Gasteiger partial charge on any atom is -0.353 e. The van der Waals surface area contributed by atoms with Gasteiger partial charge >= 0.3 is 6.18 Å². The zero-order chi connectivity index (χ0) is 27.0. The molecule has 0 bridgehead atoms. The molecule has 2 saturated heterocycles. The van der Waals surface area contributed by atoms with Crippen molar-refractivity contribution in [1.29, 1.82) is 0 Å². The Bertz CT molecular complexity index is 1060. The van der Waals surface area contributed by atoms with Gasteiger partial charge in [0.2, 0.25) is 5.91 Å². The Balaban J connectivity index is 1.50. The van der Waals surface area contributed by atoms with E-state index in [1.54, 1.807) is 0 Å². The van der Waals surface area contributed by atoms with Crippen molar-refractivity contribution in [2.75, 3.05) is 25.2 Å². The third-order valence-electron chi connectivity index (χ3n) is 8.41. The highest BCUT2D eigenvalue weighted by Gasteiger charge is 2.59. The molecular weight excluding hydrogens is 505 g/mol. The van der Waals surface area contributed by atoms with Crippen molar-refractivity contribution in [2.45, 2.75) is 89.3 Å². The van der Waals surface area contributed by atoms with Gasteiger partial charge in [-0.2, -0.15) is 13.2 Å². The van der Waals surface area contributed by atoms with Crippen LogP contribution in [0.5, 0.6) is 0 Å². The predicted molar refractivity (Wildman–Crippen MR) is 135 cm³/mol. The van der Waals surface area contributed by atoms with Gasteiger partial charge in [0, 0.05) is 36.9 Å². The number of rotatable bonds is 9. The molecule has 4 rings (SSSR count). The largest absolute Gasteiger partial charge is 0.416 e. The number of unbranched alkanes of at least 4 members (excludes halogenated alkanes) is 1. The zero-order valence-corrected chi connectivity index (χ0v) is 22.8. The third kappa shape index (κ3) is 6.33. The van der Waals surface area contributed by atoms with Gasteiger partial charge in [0.1, 0.15) is 15.6 Å². The lowest BCUT2D eigenvalue weighted by Gasteiger charge is -2.53. The van der Waals surface area contributed by atoms with E-state index >= 15 is 0 Å². The molecule has 1 amide bonds. The minimum absolute atomic E-state index is 0.0890. The van der Waals surface area contributed by atoms with E-state index in [9.17, 15) is 26.4 Å². The fourth-order valence-corrected chi connectivity index (χ4v) is 7.18. The summed E-state index contributed by atoms with van der Waals surface area (Å²) in [5.41, 5.74) is -0.411. The Kier molecular flexibility index (Phi) is 8.31. The van der Waals surface area contributed by atoms with Gasteiger partial charge in [-0.1, -0.05) is 26.0 Å². The maximum Gasteiger partial charge on any atom is 0.416 e. The van der Waals surface area contributed by atoms with E-state index in [0.29, 0.717) is 44.9 Å². The lowest BCUT2D eigenvalue weighted by Crippen LogP contribution is -2.63. The van der Waals surface area contributed by atoms with Crippen LogP contribution in [0.2, 0.25) is 0 Å². The Morgan fingerprint density at radius 1 is 1.16 bits per heavy atom. The molecule has 2 heterocycles. The molecule has 3 fully saturated rings. The SMILES string of the molecule is CC(C)[C@H]1CO[C@]23CC[C@H](N(CCCCS(C)(=O)=O)Cc4ccc(C(F)(F)F)cc4)C[C@H]2CCC(=O)N13. The first-order valence-corrected chi connectivity index (χ1v) is 15.4. The molecule has 6 nitrogen and oxygen atoms in total. The molecule has 0 aromatic heterocycles. The van der Waals surface area contributed by atoms with Crippen LogP contribution in [0, 0.1) is 11.8 Å². The maximum atomic E-state index is 13.0. The van der Waals surface area contributed by atoms with E-state index in [1.165, 1.54) is 18.4 Å². The second-order valence-corrected chi connectivity index (χ2v) is 13.7. The lowest BCUT2D eigenvalue weighted by molar-refractivity contribution is -0.191. The number of sulfone groups is 1. The number of alkyl halides is 3. The van der Waals surface area contributed by atoms with Crippen LogP contribution in [0.4, 0.5) is 13.2 Å². The zero-order valence-electron chi connectivity index (χ0n) is 22.0. The van der Waals surface area contributed by atoms with E-state index in [1.807, 2.05) is 4.90 Å². The molecule has 3 aliphatic rings. The molecule has 1 aliphatic carbocycles. The number of amides is 1. The Morgan fingerprint density at radius 2 is 1.86 bits per heavy atom. The topological polar surface area (TPSA) is 66.9 Å². The van der Waals surface area contributed by atoms with Crippen LogP contribution in [-0.4, -0.2) is 67.1 Å². The second kappa shape index (κ2) is 10.8. The van der Waals surface area contributed by atoms with Crippen molar-refractivity contribution >= 4 is 15.7 Å². The third-order valence-corrected chi connectivity index (χ3v) is 9.44. The van der Waals surface area contributed by atoms with Crippen LogP contribution in [0.15, 0.2) is 24.3 Å². The summed E-state index contributed by atoms with van der Waals surface area (Å²) in [7, 11) is -3.05. The molecule has 10 heteroatoms. The number of hydrogen-bond donors (Lipinski definition) is 0. The van der Waals surface area contributed by atoms with Crippen molar-refractivity contribution < 1.29 is 31.1 Å². The minimum atomic E-state index is -4.37. The molecule has 1 aromatic rings. The lowest BCUT2D eigenvalue weighted by atomic mass is 9.72. The molecule has 1 spiro atoms. The molecule has 1 aromatic carbocycles. The predicted octanol–water partition coefficient (Wildman–Crippen LogP) is 4.87. The van der Waals surface area contributed by atoms with Crippen LogP contribution < -0.4 is 0 Å². The summed E-state index contributed by atoms with van der Waals surface area (Å²) in [6, 6.07) is 5.58. The van der Waals surface area contributed by atoms with Gasteiger partial charge in [-0.15, -0.1) is 0 Å². The summed E-state index contributed by atoms with van der Waals surface area (Å²) in [5, 5.41) is 0. The summed E-state index contributed by atoms with van der Waals surface area (Å²) < 4.78 is 68.8.